The lowest BCUT2D eigenvalue weighted by Crippen LogP contribution is -2.69. The molecule has 6 aliphatic rings. The molecule has 3 saturated heterocycles. The number of benzene rings is 3. The summed E-state index contributed by atoms with van der Waals surface area (Å²) in [6, 6.07) is 15.3. The second-order valence-corrected chi connectivity index (χ2v) is 14.7. The van der Waals surface area contributed by atoms with Crippen molar-refractivity contribution in [1.82, 2.24) is 10.2 Å². The zero-order valence-corrected chi connectivity index (χ0v) is 29.9. The van der Waals surface area contributed by atoms with E-state index >= 15 is 0 Å². The van der Waals surface area contributed by atoms with Crippen molar-refractivity contribution in [2.75, 3.05) is 38.8 Å². The number of carboxylic acids is 1. The highest BCUT2D eigenvalue weighted by molar-refractivity contribution is 5.99. The van der Waals surface area contributed by atoms with E-state index in [1.165, 1.54) is 18.1 Å². The summed E-state index contributed by atoms with van der Waals surface area (Å²) in [5, 5.41) is 40.1. The Bertz CT molecular complexity index is 2010. The summed E-state index contributed by atoms with van der Waals surface area (Å²) in [4.78, 5) is 41.4. The Balaban J connectivity index is 0.000000156. The van der Waals surface area contributed by atoms with Crippen LogP contribution in [0.4, 0.5) is 10.5 Å². The molecule has 14 nitrogen and oxygen atoms in total. The number of aliphatic carboxylic acids is 1. The van der Waals surface area contributed by atoms with Gasteiger partial charge in [0.05, 0.1) is 45.1 Å². The van der Waals surface area contributed by atoms with E-state index in [0.29, 0.717) is 42.2 Å². The van der Waals surface area contributed by atoms with E-state index in [0.717, 1.165) is 43.1 Å². The largest absolute Gasteiger partial charge is 0.504 e. The van der Waals surface area contributed by atoms with Crippen molar-refractivity contribution in [2.45, 2.75) is 61.6 Å². The van der Waals surface area contributed by atoms with Crippen molar-refractivity contribution >= 4 is 23.7 Å². The van der Waals surface area contributed by atoms with Gasteiger partial charge < -0.3 is 49.6 Å². The number of phenolic OH excluding ortho intramolecular Hbond substituents is 2. The number of nitrogens with zero attached hydrogens (tertiary/aromatic N) is 2. The molecule has 4 fully saturated rings. The van der Waals surface area contributed by atoms with Crippen LogP contribution >= 0.6 is 0 Å². The third-order valence-electron chi connectivity index (χ3n) is 12.2. The highest BCUT2D eigenvalue weighted by Gasteiger charge is 2.71. The topological polar surface area (TPSA) is 188 Å². The Hall–Kier alpha value is -5.31. The van der Waals surface area contributed by atoms with Crippen LogP contribution in [0.1, 0.15) is 42.1 Å². The van der Waals surface area contributed by atoms with Crippen LogP contribution in [0, 0.1) is 11.8 Å². The van der Waals surface area contributed by atoms with Gasteiger partial charge in [-0.05, 0) is 60.2 Å². The molecule has 1 aliphatic carbocycles. The highest BCUT2D eigenvalue weighted by atomic mass is 16.5. The molecule has 1 unspecified atom stereocenters. The van der Waals surface area contributed by atoms with E-state index in [2.05, 4.69) is 27.3 Å². The number of hydrogen-bond acceptors (Lipinski definition) is 11. The number of piperidine rings is 2. The van der Waals surface area contributed by atoms with E-state index in [1.54, 1.807) is 50.1 Å². The first kappa shape index (κ1) is 35.7. The average Bonchev–Trinajstić information content (AvgIpc) is 3.64. The number of carboxylic acid groups (broad SMARTS) is 1. The molecule has 1 spiro atoms. The summed E-state index contributed by atoms with van der Waals surface area (Å²) in [5.74, 6) is 0.145. The average molecular weight is 742 g/mol. The smallest absolute Gasteiger partial charge is 0.408 e. The van der Waals surface area contributed by atoms with Crippen LogP contribution in [0.2, 0.25) is 0 Å². The quantitative estimate of drug-likeness (QED) is 0.167. The monoisotopic (exact) mass is 741 g/mol. The van der Waals surface area contributed by atoms with Gasteiger partial charge in [-0.2, -0.15) is 0 Å². The van der Waals surface area contributed by atoms with Crippen LogP contribution in [-0.4, -0.2) is 101 Å². The van der Waals surface area contributed by atoms with E-state index in [-0.39, 0.29) is 35.6 Å². The zero-order valence-electron chi connectivity index (χ0n) is 29.9. The van der Waals surface area contributed by atoms with Gasteiger partial charge in [-0.25, -0.2) is 9.59 Å². The minimum absolute atomic E-state index is 0.00561. The van der Waals surface area contributed by atoms with Gasteiger partial charge in [0.15, 0.2) is 29.0 Å². The van der Waals surface area contributed by atoms with Crippen molar-refractivity contribution in [3.05, 3.63) is 89.0 Å². The molecule has 14 heteroatoms. The second-order valence-electron chi connectivity index (χ2n) is 14.7. The molecule has 1 saturated carbocycles. The van der Waals surface area contributed by atoms with Crippen LogP contribution in [0.3, 0.4) is 0 Å². The Kier molecular flexibility index (Phi) is 9.15. The third-order valence-corrected chi connectivity index (χ3v) is 12.2. The molecule has 54 heavy (non-hydrogen) atoms. The van der Waals surface area contributed by atoms with Crippen molar-refractivity contribution < 1.29 is 53.8 Å². The van der Waals surface area contributed by atoms with Crippen LogP contribution in [-0.2, 0) is 31.1 Å². The molecule has 5 heterocycles. The van der Waals surface area contributed by atoms with Gasteiger partial charge >= 0.3 is 12.1 Å². The number of methoxy groups -OCH3 is 2. The lowest BCUT2D eigenvalue weighted by Gasteiger charge is -2.58. The fourth-order valence-electron chi connectivity index (χ4n) is 9.96. The summed E-state index contributed by atoms with van der Waals surface area (Å²) in [7, 11) is 3.36. The molecule has 3 aromatic carbocycles. The number of aliphatic hydroxyl groups is 1. The molecule has 5 aliphatic heterocycles. The molecule has 0 radical (unpaired) electrons. The summed E-state index contributed by atoms with van der Waals surface area (Å²) >= 11 is 0. The first-order valence-corrected chi connectivity index (χ1v) is 18.1. The van der Waals surface area contributed by atoms with Crippen molar-refractivity contribution in [1.29, 1.82) is 0 Å². The standard InChI is InChI=1S/C23H26N2O4.C17H17NO7/c1-27-16-8-14-15(9-17(16)28-2)25-20(26)10-18-21-13-7-19-23(14,22(21)25)4-5-24(19)11-12(13)3-6-29-18;19-12-7-6-11(8-13(12)20)15(21)14(16(22)23)18-17(24)25-9-10-4-2-1-3-5-10/h3,8-9,13,18-19,21-22H,4-7,10-11H2,1-2H3;1-8,14-15,19-21H,9H2,(H,18,24)(H,22,23)/t13-,18-,19-,21-,22-,23+;14-,15?/m01/s1. The molecule has 284 valence electrons. The number of hydrogen-bond donors (Lipinski definition) is 5. The van der Waals surface area contributed by atoms with Crippen LogP contribution < -0.4 is 19.7 Å². The predicted molar refractivity (Wildman–Crippen MR) is 192 cm³/mol. The normalized spacial score (nSPS) is 28.0. The van der Waals surface area contributed by atoms with Crippen molar-refractivity contribution in [3.63, 3.8) is 0 Å². The number of alkyl carbamates (subject to hydrolysis) is 1. The van der Waals surface area contributed by atoms with Crippen molar-refractivity contribution in [3.8, 4) is 23.0 Å². The molecule has 9 rings (SSSR count). The Morgan fingerprint density at radius 3 is 2.52 bits per heavy atom. The van der Waals surface area contributed by atoms with Crippen LogP contribution in [0.25, 0.3) is 0 Å². The number of carbonyl (C=O) groups is 3. The molecule has 2 amide bonds. The Morgan fingerprint density at radius 1 is 1.04 bits per heavy atom. The van der Waals surface area contributed by atoms with Gasteiger partial charge in [-0.1, -0.05) is 48.0 Å². The number of anilines is 1. The fraction of sp³-hybridized carbons (Fsp3) is 0.425. The van der Waals surface area contributed by atoms with Crippen LogP contribution in [0.5, 0.6) is 23.0 Å². The van der Waals surface area contributed by atoms with E-state index in [1.807, 2.05) is 6.07 Å². The second kappa shape index (κ2) is 13.8. The van der Waals surface area contributed by atoms with E-state index in [9.17, 15) is 34.8 Å². The summed E-state index contributed by atoms with van der Waals surface area (Å²) in [6.45, 7) is 2.74. The minimum Gasteiger partial charge on any atom is -0.504 e. The molecule has 2 bridgehead atoms. The number of ether oxygens (including phenoxy) is 4. The molecule has 8 atom stereocenters. The van der Waals surface area contributed by atoms with Gasteiger partial charge in [0.2, 0.25) is 5.91 Å². The number of fused-ring (bicyclic) bond motifs is 2. The first-order chi connectivity index (χ1) is 26.0. The SMILES string of the molecule is COc1cc2c(cc1OC)[C@@]13CCN4CC5=CCO[C@H]6CC(=O)N2[C@H]1[C@H]6[C@H]5C[C@H]43.O=C(N[C@@H](C(=O)O)C(O)c1ccc(O)c(O)c1)OCc1ccccc1. The molecule has 5 N–H and O–H groups in total. The van der Waals surface area contributed by atoms with Gasteiger partial charge in [0, 0.05) is 30.0 Å². The van der Waals surface area contributed by atoms with E-state index < -0.39 is 35.7 Å². The number of aromatic hydroxyl groups is 2. The Morgan fingerprint density at radius 2 is 1.80 bits per heavy atom. The third kappa shape index (κ3) is 5.71. The number of rotatable bonds is 8. The molecular formula is C40H43N3O11. The molecule has 3 aromatic rings. The fourth-order valence-corrected chi connectivity index (χ4v) is 9.96. The summed E-state index contributed by atoms with van der Waals surface area (Å²) in [5.41, 5.74) is 4.57. The summed E-state index contributed by atoms with van der Waals surface area (Å²) < 4.78 is 22.5. The first-order valence-electron chi connectivity index (χ1n) is 18.1. The van der Waals surface area contributed by atoms with Gasteiger partial charge in [0.25, 0.3) is 0 Å². The number of amides is 2. The molecular weight excluding hydrogens is 698 g/mol. The van der Waals surface area contributed by atoms with Gasteiger partial charge in [-0.15, -0.1) is 0 Å². The maximum absolute atomic E-state index is 13.5. The number of nitrogens with one attached hydrogen (secondary N) is 1. The molecule has 0 aromatic heterocycles. The van der Waals surface area contributed by atoms with Gasteiger partial charge in [0.1, 0.15) is 12.7 Å². The Labute approximate surface area is 311 Å². The van der Waals surface area contributed by atoms with E-state index in [4.69, 9.17) is 18.9 Å². The lowest BCUT2D eigenvalue weighted by atomic mass is 9.53. The number of carbonyl (C=O) groups excluding carboxylic acids is 2. The zero-order chi connectivity index (χ0) is 37.9. The minimum atomic E-state index is -1.70. The highest BCUT2D eigenvalue weighted by Crippen LogP contribution is 2.66. The predicted octanol–water partition coefficient (Wildman–Crippen LogP) is 3.62. The van der Waals surface area contributed by atoms with Crippen molar-refractivity contribution in [2.24, 2.45) is 11.8 Å². The number of aliphatic hydroxyl groups excluding tert-OH is 1. The maximum atomic E-state index is 13.5. The van der Waals surface area contributed by atoms with Gasteiger partial charge in [-0.3, -0.25) is 9.69 Å². The summed E-state index contributed by atoms with van der Waals surface area (Å²) in [6.07, 6.45) is 2.43. The maximum Gasteiger partial charge on any atom is 0.408 e. The lowest BCUT2D eigenvalue weighted by molar-refractivity contribution is -0.142. The van der Waals surface area contributed by atoms with Crippen LogP contribution in [0.15, 0.2) is 72.3 Å². The number of phenols is 2.